The molecule has 0 heterocycles. The van der Waals surface area contributed by atoms with Gasteiger partial charge in [-0.15, -0.1) is 0 Å². The van der Waals surface area contributed by atoms with E-state index < -0.39 is 6.10 Å². The predicted molar refractivity (Wildman–Crippen MR) is 279 cm³/mol. The zero-order valence-electron chi connectivity index (χ0n) is 41.2. The molecule has 362 valence electrons. The minimum atomic E-state index is -0.837. The summed E-state index contributed by atoms with van der Waals surface area (Å²) in [7, 11) is 0. The van der Waals surface area contributed by atoms with Gasteiger partial charge in [-0.25, -0.2) is 0 Å². The highest BCUT2D eigenvalue weighted by atomic mass is 16.6. The Morgan fingerprint density at radius 2 is 0.677 bits per heavy atom. The first-order valence-corrected chi connectivity index (χ1v) is 25.5. The largest absolute Gasteiger partial charge is 0.462 e. The van der Waals surface area contributed by atoms with Crippen molar-refractivity contribution in [3.05, 3.63) is 146 Å². The van der Waals surface area contributed by atoms with E-state index in [4.69, 9.17) is 14.2 Å². The molecule has 0 N–H and O–H groups in total. The van der Waals surface area contributed by atoms with Crippen molar-refractivity contribution in [1.82, 2.24) is 0 Å². The molecule has 0 aliphatic carbocycles. The lowest BCUT2D eigenvalue weighted by Gasteiger charge is -2.18. The average Bonchev–Trinajstić information content (AvgIpc) is 3.30. The topological polar surface area (TPSA) is 78.9 Å². The molecule has 0 spiro atoms. The third kappa shape index (κ3) is 50.2. The van der Waals surface area contributed by atoms with Crippen LogP contribution in [-0.4, -0.2) is 37.2 Å². The Morgan fingerprint density at radius 1 is 0.338 bits per heavy atom. The lowest BCUT2D eigenvalue weighted by atomic mass is 10.1. The van der Waals surface area contributed by atoms with Crippen LogP contribution >= 0.6 is 0 Å². The van der Waals surface area contributed by atoms with Gasteiger partial charge in [-0.1, -0.05) is 224 Å². The number of carbonyl (C=O) groups excluding carboxylic acids is 3. The van der Waals surface area contributed by atoms with Crippen molar-refractivity contribution in [3.8, 4) is 0 Å². The number of unbranched alkanes of at least 4 members (excludes halogenated alkanes) is 15. The summed E-state index contributed by atoms with van der Waals surface area (Å²) in [6.07, 6.45) is 74.0. The van der Waals surface area contributed by atoms with Crippen molar-refractivity contribution in [3.63, 3.8) is 0 Å². The van der Waals surface area contributed by atoms with Crippen LogP contribution in [0.25, 0.3) is 0 Å². The van der Waals surface area contributed by atoms with Crippen molar-refractivity contribution in [2.75, 3.05) is 13.2 Å². The molecule has 0 bridgehead atoms. The van der Waals surface area contributed by atoms with Gasteiger partial charge >= 0.3 is 17.9 Å². The third-order valence-electron chi connectivity index (χ3n) is 10.0. The van der Waals surface area contributed by atoms with Crippen LogP contribution < -0.4 is 0 Å². The van der Waals surface area contributed by atoms with Gasteiger partial charge in [0.1, 0.15) is 13.2 Å². The number of carbonyl (C=O) groups is 3. The van der Waals surface area contributed by atoms with E-state index in [1.807, 2.05) is 72.9 Å². The summed E-state index contributed by atoms with van der Waals surface area (Å²) in [6, 6.07) is 0. The fourth-order valence-corrected chi connectivity index (χ4v) is 6.25. The number of hydrogen-bond acceptors (Lipinski definition) is 6. The third-order valence-corrected chi connectivity index (χ3v) is 10.0. The molecule has 6 heteroatoms. The van der Waals surface area contributed by atoms with E-state index in [0.29, 0.717) is 19.3 Å². The highest BCUT2D eigenvalue weighted by molar-refractivity contribution is 5.71. The van der Waals surface area contributed by atoms with Crippen LogP contribution in [0.3, 0.4) is 0 Å². The molecule has 0 amide bonds. The Labute approximate surface area is 397 Å². The molecule has 0 aromatic rings. The molecule has 0 fully saturated rings. The van der Waals surface area contributed by atoms with E-state index in [0.717, 1.165) is 89.9 Å². The summed E-state index contributed by atoms with van der Waals surface area (Å²) in [5.74, 6) is -1.06. The van der Waals surface area contributed by atoms with Crippen LogP contribution in [0.15, 0.2) is 146 Å². The maximum atomic E-state index is 12.8. The van der Waals surface area contributed by atoms with E-state index in [1.165, 1.54) is 44.9 Å². The predicted octanol–water partition coefficient (Wildman–Crippen LogP) is 16.9. The monoisotopic (exact) mass is 895 g/mol. The van der Waals surface area contributed by atoms with Gasteiger partial charge in [-0.2, -0.15) is 0 Å². The second-order valence-electron chi connectivity index (χ2n) is 16.2. The molecule has 1 atom stereocenters. The number of esters is 3. The minimum Gasteiger partial charge on any atom is -0.462 e. The summed E-state index contributed by atoms with van der Waals surface area (Å²) in [4.78, 5) is 38.0. The number of ether oxygens (including phenoxy) is 3. The van der Waals surface area contributed by atoms with Crippen LogP contribution in [0, 0.1) is 0 Å². The van der Waals surface area contributed by atoms with Crippen LogP contribution in [0.5, 0.6) is 0 Å². The van der Waals surface area contributed by atoms with Crippen LogP contribution in [0.4, 0.5) is 0 Å². The first kappa shape index (κ1) is 60.3. The molecule has 0 rings (SSSR count). The van der Waals surface area contributed by atoms with E-state index >= 15 is 0 Å². The normalized spacial score (nSPS) is 13.3. The van der Waals surface area contributed by atoms with Gasteiger partial charge in [0.05, 0.1) is 0 Å². The van der Waals surface area contributed by atoms with Crippen LogP contribution in [0.1, 0.15) is 188 Å². The lowest BCUT2D eigenvalue weighted by molar-refractivity contribution is -0.167. The molecule has 0 saturated heterocycles. The minimum absolute atomic E-state index is 0.130. The quantitative estimate of drug-likeness (QED) is 0.0199. The second kappa shape index (κ2) is 51.9. The highest BCUT2D eigenvalue weighted by Gasteiger charge is 2.19. The van der Waals surface area contributed by atoms with Crippen LogP contribution in [-0.2, 0) is 28.6 Å². The Hall–Kier alpha value is -4.71. The average molecular weight is 895 g/mol. The number of hydrogen-bond donors (Lipinski definition) is 0. The first-order chi connectivity index (χ1) is 32.0. The van der Waals surface area contributed by atoms with E-state index in [2.05, 4.69) is 93.7 Å². The maximum Gasteiger partial charge on any atom is 0.306 e. The Balaban J connectivity index is 4.62. The molecular weight excluding hydrogens is 805 g/mol. The van der Waals surface area contributed by atoms with Gasteiger partial charge < -0.3 is 14.2 Å². The molecule has 6 nitrogen and oxygen atoms in total. The van der Waals surface area contributed by atoms with Crippen molar-refractivity contribution < 1.29 is 28.6 Å². The van der Waals surface area contributed by atoms with Crippen molar-refractivity contribution in [2.45, 2.75) is 194 Å². The van der Waals surface area contributed by atoms with Crippen molar-refractivity contribution >= 4 is 17.9 Å². The summed E-state index contributed by atoms with van der Waals surface area (Å²) < 4.78 is 16.7. The lowest BCUT2D eigenvalue weighted by Crippen LogP contribution is -2.30. The maximum absolute atomic E-state index is 12.8. The Bertz CT molecular complexity index is 1490. The molecule has 0 aromatic heterocycles. The van der Waals surface area contributed by atoms with Gasteiger partial charge in [-0.3, -0.25) is 14.4 Å². The Kier molecular flexibility index (Phi) is 48.2. The summed E-state index contributed by atoms with van der Waals surface area (Å²) >= 11 is 0. The standard InChI is InChI=1S/C59H90O6/c1-4-7-10-13-16-19-22-25-28-29-32-34-37-40-43-46-49-52-58(61)64-55-56(65-59(62)53-50-47-44-41-38-35-31-27-24-21-18-15-12-9-6-3)54-63-57(60)51-48-45-42-39-36-33-30-26-23-20-17-14-11-8-5-2/h8-9,11-12,14-15,17-18,20-21,23-28,30-32,34-35,38,40,43,56H,4-7,10,13,16,19,22,29,33,36-37,39,41-42,44-55H2,1-3H3/b11-8-,12-9-,17-14-,18-15-,23-20-,24-21-,28-25-,30-26-,31-27-,34-32-,38-35-,43-40-. The molecule has 0 saturated carbocycles. The van der Waals surface area contributed by atoms with Crippen molar-refractivity contribution in [2.24, 2.45) is 0 Å². The van der Waals surface area contributed by atoms with Gasteiger partial charge in [0.2, 0.25) is 0 Å². The van der Waals surface area contributed by atoms with Gasteiger partial charge in [0.25, 0.3) is 0 Å². The summed E-state index contributed by atoms with van der Waals surface area (Å²) in [5.41, 5.74) is 0. The zero-order valence-corrected chi connectivity index (χ0v) is 41.2. The van der Waals surface area contributed by atoms with Gasteiger partial charge in [0, 0.05) is 19.3 Å². The molecule has 0 aromatic carbocycles. The fraction of sp³-hybridized carbons (Fsp3) is 0.542. The summed E-state index contributed by atoms with van der Waals surface area (Å²) in [6.45, 7) is 6.22. The van der Waals surface area contributed by atoms with Crippen LogP contribution in [0.2, 0.25) is 0 Å². The number of rotatable bonds is 43. The second-order valence-corrected chi connectivity index (χ2v) is 16.2. The molecular formula is C59H90O6. The highest BCUT2D eigenvalue weighted by Crippen LogP contribution is 2.12. The molecule has 65 heavy (non-hydrogen) atoms. The summed E-state index contributed by atoms with van der Waals surface area (Å²) in [5, 5.41) is 0. The zero-order chi connectivity index (χ0) is 47.2. The number of allylic oxidation sites excluding steroid dienone is 24. The molecule has 0 aliphatic rings. The fourth-order valence-electron chi connectivity index (χ4n) is 6.25. The van der Waals surface area contributed by atoms with E-state index in [9.17, 15) is 14.4 Å². The Morgan fingerprint density at radius 3 is 1.15 bits per heavy atom. The van der Waals surface area contributed by atoms with Crippen molar-refractivity contribution in [1.29, 1.82) is 0 Å². The van der Waals surface area contributed by atoms with Gasteiger partial charge in [0.15, 0.2) is 6.10 Å². The SMILES string of the molecule is CC\C=C/C=C\C=C/C=C\C=C/CCCCCC(=O)OC(COC(=O)CCC/C=C\C/C=C\C/C=C\CCCCCCCC)COC(=O)CCCCCCC\C=C/C=C\C=C/C=C\CC. The smallest absolute Gasteiger partial charge is 0.306 e. The molecule has 0 aliphatic heterocycles. The first-order valence-electron chi connectivity index (χ1n) is 25.5. The van der Waals surface area contributed by atoms with E-state index in [1.54, 1.807) is 0 Å². The van der Waals surface area contributed by atoms with E-state index in [-0.39, 0.29) is 44.0 Å². The molecule has 1 unspecified atom stereocenters. The molecule has 0 radical (unpaired) electrons. The van der Waals surface area contributed by atoms with Gasteiger partial charge in [-0.05, 0) is 89.9 Å².